The van der Waals surface area contributed by atoms with E-state index < -0.39 is 15.9 Å². The van der Waals surface area contributed by atoms with E-state index >= 15 is 0 Å². The van der Waals surface area contributed by atoms with Crippen LogP contribution < -0.4 is 10.1 Å². The SMILES string of the molecule is COc1ccc(C(=O)Nc2cccc(COC(C)C)c2)cc1S(=O)(=O)N1CCOCC1. The molecule has 3 rings (SSSR count). The van der Waals surface area contributed by atoms with Gasteiger partial charge in [-0.1, -0.05) is 12.1 Å². The number of anilines is 1. The van der Waals surface area contributed by atoms with E-state index in [9.17, 15) is 13.2 Å². The first kappa shape index (κ1) is 23.2. The average Bonchev–Trinajstić information content (AvgIpc) is 2.78. The van der Waals surface area contributed by atoms with E-state index in [1.807, 2.05) is 32.0 Å². The van der Waals surface area contributed by atoms with Gasteiger partial charge in [-0.2, -0.15) is 4.31 Å². The molecule has 1 amide bonds. The van der Waals surface area contributed by atoms with Crippen molar-refractivity contribution < 1.29 is 27.4 Å². The third kappa shape index (κ3) is 5.82. The molecule has 2 aromatic carbocycles. The number of rotatable bonds is 8. The highest BCUT2D eigenvalue weighted by atomic mass is 32.2. The van der Waals surface area contributed by atoms with Gasteiger partial charge in [0.2, 0.25) is 10.0 Å². The lowest BCUT2D eigenvalue weighted by atomic mass is 10.1. The molecule has 1 heterocycles. The van der Waals surface area contributed by atoms with Gasteiger partial charge in [0.1, 0.15) is 10.6 Å². The molecule has 0 aliphatic carbocycles. The molecule has 1 N–H and O–H groups in total. The Morgan fingerprint density at radius 1 is 1.16 bits per heavy atom. The monoisotopic (exact) mass is 448 g/mol. The van der Waals surface area contributed by atoms with Gasteiger partial charge < -0.3 is 19.5 Å². The Morgan fingerprint density at radius 3 is 2.58 bits per heavy atom. The Hall–Kier alpha value is -2.46. The number of nitrogens with one attached hydrogen (secondary N) is 1. The summed E-state index contributed by atoms with van der Waals surface area (Å²) in [6.45, 7) is 5.53. The lowest BCUT2D eigenvalue weighted by molar-refractivity contribution is 0.0657. The maximum atomic E-state index is 13.1. The fraction of sp³-hybridized carbons (Fsp3) is 0.409. The third-order valence-corrected chi connectivity index (χ3v) is 6.70. The van der Waals surface area contributed by atoms with Crippen molar-refractivity contribution in [3.05, 3.63) is 53.6 Å². The normalized spacial score (nSPS) is 15.1. The molecule has 1 saturated heterocycles. The Morgan fingerprint density at radius 2 is 1.90 bits per heavy atom. The van der Waals surface area contributed by atoms with Crippen LogP contribution in [0.2, 0.25) is 0 Å². The molecule has 2 aromatic rings. The summed E-state index contributed by atoms with van der Waals surface area (Å²) in [4.78, 5) is 12.8. The van der Waals surface area contributed by atoms with Crippen molar-refractivity contribution >= 4 is 21.6 Å². The number of nitrogens with zero attached hydrogens (tertiary/aromatic N) is 1. The van der Waals surface area contributed by atoms with E-state index in [4.69, 9.17) is 14.2 Å². The summed E-state index contributed by atoms with van der Waals surface area (Å²) in [5.74, 6) is -0.223. The van der Waals surface area contributed by atoms with Crippen molar-refractivity contribution in [3.63, 3.8) is 0 Å². The minimum absolute atomic E-state index is 0.0383. The maximum Gasteiger partial charge on any atom is 0.255 e. The van der Waals surface area contributed by atoms with Crippen LogP contribution in [0.1, 0.15) is 29.8 Å². The summed E-state index contributed by atoms with van der Waals surface area (Å²) in [6.07, 6.45) is 0.101. The van der Waals surface area contributed by atoms with Crippen LogP contribution in [-0.4, -0.2) is 58.1 Å². The molecule has 0 unspecified atom stereocenters. The molecule has 0 atom stereocenters. The molecule has 0 aromatic heterocycles. The van der Waals surface area contributed by atoms with Gasteiger partial charge in [-0.05, 0) is 49.7 Å². The predicted octanol–water partition coefficient (Wildman–Crippen LogP) is 2.89. The molecule has 8 nitrogen and oxygen atoms in total. The number of benzene rings is 2. The molecular formula is C22H28N2O6S. The van der Waals surface area contributed by atoms with Crippen molar-refractivity contribution in [1.82, 2.24) is 4.31 Å². The number of morpholine rings is 1. The third-order valence-electron chi connectivity index (χ3n) is 4.78. The van der Waals surface area contributed by atoms with E-state index in [1.165, 1.54) is 29.6 Å². The second-order valence-corrected chi connectivity index (χ2v) is 9.30. The zero-order valence-corrected chi connectivity index (χ0v) is 18.8. The summed E-state index contributed by atoms with van der Waals surface area (Å²) in [7, 11) is -2.42. The van der Waals surface area contributed by atoms with Crippen molar-refractivity contribution in [2.45, 2.75) is 31.5 Å². The number of hydrogen-bond donors (Lipinski definition) is 1. The molecule has 0 spiro atoms. The number of amides is 1. The van der Waals surface area contributed by atoms with Gasteiger partial charge in [-0.3, -0.25) is 4.79 Å². The Labute approximate surface area is 183 Å². The molecule has 0 bridgehead atoms. The zero-order chi connectivity index (χ0) is 22.4. The van der Waals surface area contributed by atoms with Crippen molar-refractivity contribution in [2.75, 3.05) is 38.7 Å². The number of carbonyl (C=O) groups excluding carboxylic acids is 1. The quantitative estimate of drug-likeness (QED) is 0.667. The second-order valence-electron chi connectivity index (χ2n) is 7.40. The Kier molecular flexibility index (Phi) is 7.66. The summed E-state index contributed by atoms with van der Waals surface area (Å²) >= 11 is 0. The number of sulfonamides is 1. The zero-order valence-electron chi connectivity index (χ0n) is 18.0. The number of methoxy groups -OCH3 is 1. The first-order valence-corrected chi connectivity index (χ1v) is 11.5. The molecule has 1 fully saturated rings. The Bertz CT molecular complexity index is 1020. The van der Waals surface area contributed by atoms with Gasteiger partial charge in [-0.15, -0.1) is 0 Å². The number of carbonyl (C=O) groups is 1. The van der Waals surface area contributed by atoms with E-state index in [0.717, 1.165) is 5.56 Å². The van der Waals surface area contributed by atoms with Crippen LogP contribution in [0.3, 0.4) is 0 Å². The standard InChI is InChI=1S/C22H28N2O6S/c1-16(2)30-15-17-5-4-6-19(13-17)23-22(25)18-7-8-20(28-3)21(14-18)31(26,27)24-9-11-29-12-10-24/h4-8,13-14,16H,9-12,15H2,1-3H3,(H,23,25). The maximum absolute atomic E-state index is 13.1. The second kappa shape index (κ2) is 10.2. The van der Waals surface area contributed by atoms with Crippen LogP contribution in [0.4, 0.5) is 5.69 Å². The van der Waals surface area contributed by atoms with Gasteiger partial charge in [0, 0.05) is 24.3 Å². The molecule has 31 heavy (non-hydrogen) atoms. The van der Waals surface area contributed by atoms with E-state index in [0.29, 0.717) is 25.5 Å². The summed E-state index contributed by atoms with van der Waals surface area (Å²) in [5.41, 5.74) is 1.75. The first-order valence-electron chi connectivity index (χ1n) is 10.1. The van der Waals surface area contributed by atoms with Crippen LogP contribution in [0.5, 0.6) is 5.75 Å². The van der Waals surface area contributed by atoms with Crippen molar-refractivity contribution in [3.8, 4) is 5.75 Å². The summed E-state index contributed by atoms with van der Waals surface area (Å²) < 4.78 is 43.7. The highest BCUT2D eigenvalue weighted by molar-refractivity contribution is 7.89. The topological polar surface area (TPSA) is 94.2 Å². The number of ether oxygens (including phenoxy) is 3. The minimum Gasteiger partial charge on any atom is -0.495 e. The highest BCUT2D eigenvalue weighted by Crippen LogP contribution is 2.29. The fourth-order valence-electron chi connectivity index (χ4n) is 3.15. The summed E-state index contributed by atoms with van der Waals surface area (Å²) in [5, 5.41) is 2.82. The molecule has 1 aliphatic heterocycles. The summed E-state index contributed by atoms with van der Waals surface area (Å²) in [6, 6.07) is 11.7. The fourth-order valence-corrected chi connectivity index (χ4v) is 4.74. The largest absolute Gasteiger partial charge is 0.495 e. The van der Waals surface area contributed by atoms with Gasteiger partial charge in [0.25, 0.3) is 5.91 Å². The van der Waals surface area contributed by atoms with E-state index in [1.54, 1.807) is 6.07 Å². The molecular weight excluding hydrogens is 420 g/mol. The van der Waals surface area contributed by atoms with Crippen LogP contribution in [-0.2, 0) is 26.1 Å². The molecule has 1 aliphatic rings. The minimum atomic E-state index is -3.82. The van der Waals surface area contributed by atoms with Crippen LogP contribution in [0.25, 0.3) is 0 Å². The molecule has 9 heteroatoms. The Balaban J connectivity index is 1.82. The highest BCUT2D eigenvalue weighted by Gasteiger charge is 2.30. The lowest BCUT2D eigenvalue weighted by Gasteiger charge is -2.26. The molecule has 0 radical (unpaired) electrons. The van der Waals surface area contributed by atoms with Gasteiger partial charge in [0.15, 0.2) is 0 Å². The van der Waals surface area contributed by atoms with E-state index in [2.05, 4.69) is 5.32 Å². The smallest absolute Gasteiger partial charge is 0.255 e. The molecule has 0 saturated carbocycles. The van der Waals surface area contributed by atoms with Gasteiger partial charge in [0.05, 0.1) is 33.0 Å². The van der Waals surface area contributed by atoms with Crippen LogP contribution >= 0.6 is 0 Å². The molecule has 168 valence electrons. The first-order chi connectivity index (χ1) is 14.8. The predicted molar refractivity (Wildman–Crippen MR) is 117 cm³/mol. The van der Waals surface area contributed by atoms with Crippen LogP contribution in [0.15, 0.2) is 47.4 Å². The van der Waals surface area contributed by atoms with E-state index in [-0.39, 0.29) is 35.4 Å². The van der Waals surface area contributed by atoms with Gasteiger partial charge >= 0.3 is 0 Å². The average molecular weight is 449 g/mol. The van der Waals surface area contributed by atoms with Gasteiger partial charge in [-0.25, -0.2) is 8.42 Å². The van der Waals surface area contributed by atoms with Crippen molar-refractivity contribution in [1.29, 1.82) is 0 Å². The van der Waals surface area contributed by atoms with Crippen LogP contribution in [0, 0.1) is 0 Å². The number of hydrogen-bond acceptors (Lipinski definition) is 6. The van der Waals surface area contributed by atoms with Crippen molar-refractivity contribution in [2.24, 2.45) is 0 Å². The lowest BCUT2D eigenvalue weighted by Crippen LogP contribution is -2.40.